The van der Waals surface area contributed by atoms with Crippen molar-refractivity contribution in [2.24, 2.45) is 0 Å². The Kier molecular flexibility index (Phi) is 17.2. The molecule has 1 amide bonds. The molecule has 1 atom stereocenters. The van der Waals surface area contributed by atoms with E-state index >= 15 is 0 Å². The Hall–Kier alpha value is -1.52. The maximum atomic E-state index is 12.1. The van der Waals surface area contributed by atoms with Gasteiger partial charge in [0.15, 0.2) is 0 Å². The zero-order valence-corrected chi connectivity index (χ0v) is 16.9. The van der Waals surface area contributed by atoms with Gasteiger partial charge in [-0.1, -0.05) is 77.7 Å². The summed E-state index contributed by atoms with van der Waals surface area (Å²) >= 11 is 0. The molecule has 0 unspecified atom stereocenters. The molecule has 0 rings (SSSR count). The number of carbonyl (C=O) groups is 2. The molecule has 152 valence electrons. The number of hydrogen-bond acceptors (Lipinski definition) is 4. The summed E-state index contributed by atoms with van der Waals surface area (Å²) in [6, 6.07) is -0.630. The summed E-state index contributed by atoms with van der Waals surface area (Å²) < 4.78 is 10.3. The minimum absolute atomic E-state index is 0.266. The number of nitrogens with one attached hydrogen (secondary N) is 1. The monoisotopic (exact) mass is 369 g/mol. The van der Waals surface area contributed by atoms with E-state index in [2.05, 4.69) is 18.8 Å². The SMILES string of the molecule is C=CCCOC(=O)N[C@@H](CCC)C(=O)OCCCCCCCCCCC. The molecule has 0 fully saturated rings. The molecule has 0 heterocycles. The van der Waals surface area contributed by atoms with Gasteiger partial charge in [0, 0.05) is 0 Å². The number of ether oxygens (including phenoxy) is 2. The van der Waals surface area contributed by atoms with Crippen LogP contribution in [0.2, 0.25) is 0 Å². The fourth-order valence-corrected chi connectivity index (χ4v) is 2.64. The number of rotatable bonds is 17. The lowest BCUT2D eigenvalue weighted by Gasteiger charge is -2.16. The molecule has 0 bridgehead atoms. The van der Waals surface area contributed by atoms with Crippen molar-refractivity contribution in [3.63, 3.8) is 0 Å². The number of unbranched alkanes of at least 4 members (excludes halogenated alkanes) is 8. The maximum absolute atomic E-state index is 12.1. The van der Waals surface area contributed by atoms with Crippen molar-refractivity contribution in [1.29, 1.82) is 0 Å². The first-order valence-corrected chi connectivity index (χ1v) is 10.4. The highest BCUT2D eigenvalue weighted by molar-refractivity contribution is 5.81. The van der Waals surface area contributed by atoms with Crippen LogP contribution in [0.25, 0.3) is 0 Å². The highest BCUT2D eigenvalue weighted by Crippen LogP contribution is 2.10. The highest BCUT2D eigenvalue weighted by atomic mass is 16.6. The predicted molar refractivity (Wildman–Crippen MR) is 106 cm³/mol. The molecule has 0 aliphatic heterocycles. The number of alkyl carbamates (subject to hydrolysis) is 1. The van der Waals surface area contributed by atoms with E-state index in [0.717, 1.165) is 19.3 Å². The molecule has 1 N–H and O–H groups in total. The lowest BCUT2D eigenvalue weighted by molar-refractivity contribution is -0.146. The lowest BCUT2D eigenvalue weighted by atomic mass is 10.1. The molecule has 0 radical (unpaired) electrons. The van der Waals surface area contributed by atoms with Gasteiger partial charge >= 0.3 is 12.1 Å². The molecule has 0 spiro atoms. The van der Waals surface area contributed by atoms with Crippen LogP contribution < -0.4 is 5.32 Å². The smallest absolute Gasteiger partial charge is 0.407 e. The van der Waals surface area contributed by atoms with Crippen molar-refractivity contribution in [3.05, 3.63) is 12.7 Å². The van der Waals surface area contributed by atoms with Gasteiger partial charge < -0.3 is 14.8 Å². The van der Waals surface area contributed by atoms with E-state index in [-0.39, 0.29) is 12.6 Å². The van der Waals surface area contributed by atoms with E-state index in [4.69, 9.17) is 9.47 Å². The van der Waals surface area contributed by atoms with Gasteiger partial charge in [-0.3, -0.25) is 0 Å². The summed E-state index contributed by atoms with van der Waals surface area (Å²) in [6.07, 6.45) is 14.0. The van der Waals surface area contributed by atoms with Crippen molar-refractivity contribution < 1.29 is 19.1 Å². The fraction of sp³-hybridized carbons (Fsp3) is 0.810. The molecule has 0 saturated heterocycles. The average molecular weight is 370 g/mol. The zero-order valence-electron chi connectivity index (χ0n) is 16.9. The van der Waals surface area contributed by atoms with Crippen LogP contribution in [-0.4, -0.2) is 31.3 Å². The number of hydrogen-bond donors (Lipinski definition) is 1. The van der Waals surface area contributed by atoms with Gasteiger partial charge in [-0.15, -0.1) is 6.58 Å². The molecule has 0 aromatic heterocycles. The Labute approximate surface area is 159 Å². The van der Waals surface area contributed by atoms with Crippen LogP contribution in [0.5, 0.6) is 0 Å². The highest BCUT2D eigenvalue weighted by Gasteiger charge is 2.21. The van der Waals surface area contributed by atoms with Crippen molar-refractivity contribution in [2.75, 3.05) is 13.2 Å². The molecule has 0 aromatic rings. The predicted octanol–water partition coefficient (Wildman–Crippen LogP) is 5.53. The summed E-state index contributed by atoms with van der Waals surface area (Å²) in [5.41, 5.74) is 0. The second-order valence-electron chi connectivity index (χ2n) is 6.69. The topological polar surface area (TPSA) is 64.6 Å². The van der Waals surface area contributed by atoms with Gasteiger partial charge in [-0.05, 0) is 19.3 Å². The molecule has 5 heteroatoms. The standard InChI is InChI=1S/C21H39NO4/c1-4-7-9-10-11-12-13-14-15-18-25-20(23)19(16-6-3)22-21(24)26-17-8-5-2/h5,19H,2,4,6-18H2,1,3H3,(H,22,24)/t19-/m0/s1. The van der Waals surface area contributed by atoms with Crippen LogP contribution in [0.15, 0.2) is 12.7 Å². The van der Waals surface area contributed by atoms with Crippen molar-refractivity contribution in [1.82, 2.24) is 5.32 Å². The van der Waals surface area contributed by atoms with Crippen LogP contribution in [0.4, 0.5) is 4.79 Å². The Morgan fingerprint density at radius 3 is 2.08 bits per heavy atom. The maximum Gasteiger partial charge on any atom is 0.407 e. The number of carbonyl (C=O) groups excluding carboxylic acids is 2. The summed E-state index contributed by atoms with van der Waals surface area (Å²) in [7, 11) is 0. The number of esters is 1. The largest absolute Gasteiger partial charge is 0.464 e. The Morgan fingerprint density at radius 2 is 1.50 bits per heavy atom. The van der Waals surface area contributed by atoms with E-state index in [0.29, 0.717) is 19.4 Å². The van der Waals surface area contributed by atoms with Gasteiger partial charge in [-0.2, -0.15) is 0 Å². The third-order valence-electron chi connectivity index (χ3n) is 4.20. The first kappa shape index (κ1) is 24.5. The van der Waals surface area contributed by atoms with E-state index < -0.39 is 12.1 Å². The molecule has 0 aromatic carbocycles. The molecular weight excluding hydrogens is 330 g/mol. The van der Waals surface area contributed by atoms with E-state index in [1.54, 1.807) is 6.08 Å². The Bertz CT molecular complexity index is 371. The number of amides is 1. The van der Waals surface area contributed by atoms with Crippen LogP contribution in [0, 0.1) is 0 Å². The van der Waals surface area contributed by atoms with Gasteiger partial charge in [0.1, 0.15) is 6.04 Å². The van der Waals surface area contributed by atoms with E-state index in [1.165, 1.54) is 44.9 Å². The van der Waals surface area contributed by atoms with Crippen molar-refractivity contribution in [2.45, 2.75) is 96.9 Å². The van der Waals surface area contributed by atoms with E-state index in [9.17, 15) is 9.59 Å². The minimum Gasteiger partial charge on any atom is -0.464 e. The van der Waals surface area contributed by atoms with Crippen LogP contribution in [0.3, 0.4) is 0 Å². The van der Waals surface area contributed by atoms with E-state index in [1.807, 2.05) is 6.92 Å². The third kappa shape index (κ3) is 14.8. The van der Waals surface area contributed by atoms with Crippen molar-refractivity contribution in [3.8, 4) is 0 Å². The third-order valence-corrected chi connectivity index (χ3v) is 4.20. The fourth-order valence-electron chi connectivity index (χ4n) is 2.64. The average Bonchev–Trinajstić information content (AvgIpc) is 2.63. The summed E-state index contributed by atoms with van der Waals surface area (Å²) in [5, 5.41) is 2.59. The second-order valence-corrected chi connectivity index (χ2v) is 6.69. The summed E-state index contributed by atoms with van der Waals surface area (Å²) in [6.45, 7) is 8.45. The van der Waals surface area contributed by atoms with Gasteiger partial charge in [-0.25, -0.2) is 9.59 Å². The summed E-state index contributed by atoms with van der Waals surface area (Å²) in [4.78, 5) is 23.8. The molecule has 26 heavy (non-hydrogen) atoms. The summed E-state index contributed by atoms with van der Waals surface area (Å²) in [5.74, 6) is -0.368. The van der Waals surface area contributed by atoms with Crippen LogP contribution in [0.1, 0.15) is 90.9 Å². The van der Waals surface area contributed by atoms with Crippen molar-refractivity contribution >= 4 is 12.1 Å². The molecular formula is C21H39NO4. The normalized spacial score (nSPS) is 11.6. The molecule has 0 aliphatic carbocycles. The lowest BCUT2D eigenvalue weighted by Crippen LogP contribution is -2.42. The molecule has 0 saturated carbocycles. The Morgan fingerprint density at radius 1 is 0.885 bits per heavy atom. The van der Waals surface area contributed by atoms with Gasteiger partial charge in [0.25, 0.3) is 0 Å². The quantitative estimate of drug-likeness (QED) is 0.208. The molecule has 0 aliphatic rings. The zero-order chi connectivity index (χ0) is 19.5. The minimum atomic E-state index is -0.630. The first-order valence-electron chi connectivity index (χ1n) is 10.4. The Balaban J connectivity index is 3.80. The second kappa shape index (κ2) is 18.3. The van der Waals surface area contributed by atoms with Crippen LogP contribution in [-0.2, 0) is 14.3 Å². The van der Waals surface area contributed by atoms with Crippen LogP contribution >= 0.6 is 0 Å². The molecule has 5 nitrogen and oxygen atoms in total. The van der Waals surface area contributed by atoms with Gasteiger partial charge in [0.05, 0.1) is 13.2 Å². The first-order chi connectivity index (χ1) is 12.7. The van der Waals surface area contributed by atoms with Gasteiger partial charge in [0.2, 0.25) is 0 Å².